The van der Waals surface area contributed by atoms with Crippen LogP contribution >= 0.6 is 0 Å². The van der Waals surface area contributed by atoms with Crippen LogP contribution in [0.4, 0.5) is 13.2 Å². The second-order valence-electron chi connectivity index (χ2n) is 4.07. The van der Waals surface area contributed by atoms with Gasteiger partial charge < -0.3 is 5.73 Å². The van der Waals surface area contributed by atoms with Gasteiger partial charge in [-0.1, -0.05) is 12.8 Å². The van der Waals surface area contributed by atoms with Crippen molar-refractivity contribution in [3.8, 4) is 0 Å². The Kier molecular flexibility index (Phi) is 2.69. The first-order chi connectivity index (χ1) is 7.08. The lowest BCUT2D eigenvalue weighted by molar-refractivity contribution is 0.483. The maximum atomic E-state index is 13.3. The van der Waals surface area contributed by atoms with Crippen LogP contribution < -0.4 is 5.73 Å². The summed E-state index contributed by atoms with van der Waals surface area (Å²) in [4.78, 5) is 0. The summed E-state index contributed by atoms with van der Waals surface area (Å²) in [6.07, 6.45) is 2.70. The minimum absolute atomic E-state index is 0.191. The SMILES string of the molecule is N[C@H](CC1CC1)c1c(F)cc(F)cc1F. The number of hydrogen-bond donors (Lipinski definition) is 1. The quantitative estimate of drug-likeness (QED) is 0.824. The molecule has 1 aliphatic rings. The monoisotopic (exact) mass is 215 g/mol. The van der Waals surface area contributed by atoms with Gasteiger partial charge in [0.1, 0.15) is 17.5 Å². The molecule has 0 unspecified atom stereocenters. The average Bonchev–Trinajstić information content (AvgIpc) is 2.85. The summed E-state index contributed by atoms with van der Waals surface area (Å²) in [6.45, 7) is 0. The lowest BCUT2D eigenvalue weighted by Gasteiger charge is -2.13. The summed E-state index contributed by atoms with van der Waals surface area (Å²) in [5.41, 5.74) is 5.49. The topological polar surface area (TPSA) is 26.0 Å². The highest BCUT2D eigenvalue weighted by Gasteiger charge is 2.27. The van der Waals surface area contributed by atoms with Crippen molar-refractivity contribution in [2.24, 2.45) is 11.7 Å². The molecule has 0 aliphatic heterocycles. The first kappa shape index (κ1) is 10.5. The third kappa shape index (κ3) is 2.31. The van der Waals surface area contributed by atoms with E-state index in [9.17, 15) is 13.2 Å². The summed E-state index contributed by atoms with van der Waals surface area (Å²) in [6, 6.07) is 0.675. The molecule has 0 spiro atoms. The molecule has 2 rings (SSSR count). The summed E-state index contributed by atoms with van der Waals surface area (Å²) >= 11 is 0. The van der Waals surface area contributed by atoms with Crippen molar-refractivity contribution < 1.29 is 13.2 Å². The fourth-order valence-corrected chi connectivity index (χ4v) is 1.74. The van der Waals surface area contributed by atoms with E-state index in [-0.39, 0.29) is 5.56 Å². The van der Waals surface area contributed by atoms with Gasteiger partial charge in [0.15, 0.2) is 0 Å². The zero-order valence-electron chi connectivity index (χ0n) is 8.14. The molecule has 1 atom stereocenters. The molecule has 0 radical (unpaired) electrons. The number of rotatable bonds is 3. The standard InChI is InChI=1S/C11H12F3N/c12-7-4-8(13)11(9(14)5-7)10(15)3-6-1-2-6/h4-6,10H,1-3,15H2/t10-/m1/s1. The molecule has 0 aromatic heterocycles. The highest BCUT2D eigenvalue weighted by Crippen LogP contribution is 2.37. The molecule has 0 amide bonds. The Hall–Kier alpha value is -1.03. The van der Waals surface area contributed by atoms with Crippen LogP contribution in [0.15, 0.2) is 12.1 Å². The summed E-state index contributed by atoms with van der Waals surface area (Å²) < 4.78 is 39.2. The van der Waals surface area contributed by atoms with E-state index in [1.165, 1.54) is 0 Å². The van der Waals surface area contributed by atoms with Gasteiger partial charge in [-0.25, -0.2) is 13.2 Å². The minimum Gasteiger partial charge on any atom is -0.324 e. The van der Waals surface area contributed by atoms with Crippen molar-refractivity contribution in [2.45, 2.75) is 25.3 Å². The molecule has 1 aliphatic carbocycles. The predicted molar refractivity (Wildman–Crippen MR) is 50.6 cm³/mol. The van der Waals surface area contributed by atoms with E-state index in [4.69, 9.17) is 5.73 Å². The second-order valence-corrected chi connectivity index (χ2v) is 4.07. The molecular weight excluding hydrogens is 203 g/mol. The van der Waals surface area contributed by atoms with Crippen molar-refractivity contribution >= 4 is 0 Å². The lowest BCUT2D eigenvalue weighted by atomic mass is 10.0. The normalized spacial score (nSPS) is 17.9. The van der Waals surface area contributed by atoms with Crippen LogP contribution in [0, 0.1) is 23.4 Å². The molecule has 15 heavy (non-hydrogen) atoms. The Balaban J connectivity index is 2.24. The van der Waals surface area contributed by atoms with Crippen LogP contribution in [0.3, 0.4) is 0 Å². The summed E-state index contributed by atoms with van der Waals surface area (Å²) in [7, 11) is 0. The third-order valence-corrected chi connectivity index (χ3v) is 2.70. The molecular formula is C11H12F3N. The van der Waals surface area contributed by atoms with Crippen LogP contribution in [-0.2, 0) is 0 Å². The Morgan fingerprint density at radius 1 is 1.20 bits per heavy atom. The molecule has 2 N–H and O–H groups in total. The molecule has 0 bridgehead atoms. The zero-order chi connectivity index (χ0) is 11.0. The van der Waals surface area contributed by atoms with E-state index in [0.29, 0.717) is 24.5 Å². The summed E-state index contributed by atoms with van der Waals surface area (Å²) in [5, 5.41) is 0. The average molecular weight is 215 g/mol. The number of benzene rings is 1. The van der Waals surface area contributed by atoms with Gasteiger partial charge in [0.05, 0.1) is 0 Å². The van der Waals surface area contributed by atoms with Crippen LogP contribution in [-0.4, -0.2) is 0 Å². The van der Waals surface area contributed by atoms with E-state index in [1.54, 1.807) is 0 Å². The Bertz CT molecular complexity index is 351. The van der Waals surface area contributed by atoms with Crippen molar-refractivity contribution in [3.63, 3.8) is 0 Å². The van der Waals surface area contributed by atoms with Crippen molar-refractivity contribution in [1.29, 1.82) is 0 Å². The molecule has 1 fully saturated rings. The predicted octanol–water partition coefficient (Wildman–Crippen LogP) is 2.90. The number of hydrogen-bond acceptors (Lipinski definition) is 1. The van der Waals surface area contributed by atoms with Crippen molar-refractivity contribution in [1.82, 2.24) is 0 Å². The smallest absolute Gasteiger partial charge is 0.133 e. The number of halogens is 3. The van der Waals surface area contributed by atoms with Crippen LogP contribution in [0.1, 0.15) is 30.9 Å². The van der Waals surface area contributed by atoms with Gasteiger partial charge in [-0.05, 0) is 12.3 Å². The van der Waals surface area contributed by atoms with Crippen LogP contribution in [0.5, 0.6) is 0 Å². The lowest BCUT2D eigenvalue weighted by Crippen LogP contribution is -2.15. The highest BCUT2D eigenvalue weighted by molar-refractivity contribution is 5.24. The largest absolute Gasteiger partial charge is 0.324 e. The molecule has 1 saturated carbocycles. The molecule has 1 aromatic rings. The van der Waals surface area contributed by atoms with Gasteiger partial charge in [0.25, 0.3) is 0 Å². The zero-order valence-corrected chi connectivity index (χ0v) is 8.14. The third-order valence-electron chi connectivity index (χ3n) is 2.70. The van der Waals surface area contributed by atoms with Gasteiger partial charge in [-0.3, -0.25) is 0 Å². The van der Waals surface area contributed by atoms with E-state index in [1.807, 2.05) is 0 Å². The fraction of sp³-hybridized carbons (Fsp3) is 0.455. The molecule has 82 valence electrons. The molecule has 4 heteroatoms. The first-order valence-electron chi connectivity index (χ1n) is 4.98. The van der Waals surface area contributed by atoms with Gasteiger partial charge >= 0.3 is 0 Å². The van der Waals surface area contributed by atoms with E-state index in [2.05, 4.69) is 0 Å². The Morgan fingerprint density at radius 3 is 2.20 bits per heavy atom. The van der Waals surface area contributed by atoms with Crippen molar-refractivity contribution in [3.05, 3.63) is 35.1 Å². The maximum absolute atomic E-state index is 13.3. The van der Waals surface area contributed by atoms with E-state index < -0.39 is 23.5 Å². The van der Waals surface area contributed by atoms with Gasteiger partial charge in [0.2, 0.25) is 0 Å². The van der Waals surface area contributed by atoms with Crippen LogP contribution in [0.25, 0.3) is 0 Å². The fourth-order valence-electron chi connectivity index (χ4n) is 1.74. The molecule has 0 heterocycles. The molecule has 0 saturated heterocycles. The van der Waals surface area contributed by atoms with Crippen LogP contribution in [0.2, 0.25) is 0 Å². The minimum atomic E-state index is -0.910. The van der Waals surface area contributed by atoms with Crippen molar-refractivity contribution in [2.75, 3.05) is 0 Å². The van der Waals surface area contributed by atoms with E-state index >= 15 is 0 Å². The van der Waals surface area contributed by atoms with Gasteiger partial charge in [-0.2, -0.15) is 0 Å². The molecule has 1 aromatic carbocycles. The number of nitrogens with two attached hydrogens (primary N) is 1. The Labute approximate surface area is 86.1 Å². The Morgan fingerprint density at radius 2 is 1.73 bits per heavy atom. The molecule has 1 nitrogen and oxygen atoms in total. The highest BCUT2D eigenvalue weighted by atomic mass is 19.1. The van der Waals surface area contributed by atoms with Gasteiger partial charge in [0, 0.05) is 23.7 Å². The second kappa shape index (κ2) is 3.85. The van der Waals surface area contributed by atoms with E-state index in [0.717, 1.165) is 12.8 Å². The summed E-state index contributed by atoms with van der Waals surface area (Å²) in [5.74, 6) is -2.21. The van der Waals surface area contributed by atoms with Gasteiger partial charge in [-0.15, -0.1) is 0 Å². The maximum Gasteiger partial charge on any atom is 0.133 e. The first-order valence-corrected chi connectivity index (χ1v) is 4.98.